The van der Waals surface area contributed by atoms with E-state index in [2.05, 4.69) is 4.90 Å². The number of methoxy groups -OCH3 is 1. The number of ether oxygens (including phenoxy) is 1. The number of amides is 1. The number of sulfone groups is 1. The van der Waals surface area contributed by atoms with Gasteiger partial charge in [-0.3, -0.25) is 9.69 Å². The summed E-state index contributed by atoms with van der Waals surface area (Å²) in [6, 6.07) is -0.731. The van der Waals surface area contributed by atoms with E-state index in [1.54, 1.807) is 12.0 Å². The van der Waals surface area contributed by atoms with Gasteiger partial charge in [-0.05, 0) is 19.4 Å². The van der Waals surface area contributed by atoms with Gasteiger partial charge in [-0.2, -0.15) is 0 Å². The first-order chi connectivity index (χ1) is 9.83. The number of rotatable bonds is 7. The normalized spacial score (nSPS) is 19.3. The second-order valence-electron chi connectivity index (χ2n) is 5.54. The molecule has 0 aromatic carbocycles. The first-order valence-electron chi connectivity index (χ1n) is 7.27. The summed E-state index contributed by atoms with van der Waals surface area (Å²) in [6.45, 7) is 4.59. The molecule has 0 saturated carbocycles. The molecule has 0 spiro atoms. The maximum Gasteiger partial charge on any atom is 0.239 e. The van der Waals surface area contributed by atoms with Crippen molar-refractivity contribution in [2.45, 2.75) is 18.9 Å². The van der Waals surface area contributed by atoms with E-state index >= 15 is 0 Å². The Morgan fingerprint density at radius 3 is 2.62 bits per heavy atom. The molecule has 2 N–H and O–H groups in total. The van der Waals surface area contributed by atoms with E-state index in [1.165, 1.54) is 0 Å². The van der Waals surface area contributed by atoms with Gasteiger partial charge in [0.2, 0.25) is 5.91 Å². The summed E-state index contributed by atoms with van der Waals surface area (Å²) >= 11 is 0. The third-order valence-electron chi connectivity index (χ3n) is 3.63. The molecule has 1 atom stereocenters. The summed E-state index contributed by atoms with van der Waals surface area (Å²) < 4.78 is 27.3. The van der Waals surface area contributed by atoms with Crippen LogP contribution in [0.3, 0.4) is 0 Å². The zero-order valence-electron chi connectivity index (χ0n) is 13.0. The molecular weight excluding hydrogens is 294 g/mol. The molecule has 1 aliphatic heterocycles. The molecule has 124 valence electrons. The molecule has 0 aliphatic carbocycles. The zero-order valence-corrected chi connectivity index (χ0v) is 13.8. The molecule has 0 radical (unpaired) electrons. The average Bonchev–Trinajstić information content (AvgIpc) is 2.66. The number of nitrogens with two attached hydrogens (primary N) is 1. The van der Waals surface area contributed by atoms with Gasteiger partial charge < -0.3 is 15.4 Å². The molecule has 1 unspecified atom stereocenters. The molecule has 7 nitrogen and oxygen atoms in total. The molecule has 21 heavy (non-hydrogen) atoms. The Kier molecular flexibility index (Phi) is 7.58. The minimum absolute atomic E-state index is 0.0479. The largest absolute Gasteiger partial charge is 0.383 e. The van der Waals surface area contributed by atoms with Crippen molar-refractivity contribution in [3.8, 4) is 0 Å². The Morgan fingerprint density at radius 2 is 2.00 bits per heavy atom. The summed E-state index contributed by atoms with van der Waals surface area (Å²) in [7, 11) is -1.41. The predicted octanol–water partition coefficient (Wildman–Crippen LogP) is -1.07. The second kappa shape index (κ2) is 8.67. The maximum atomic E-state index is 12.3. The minimum atomic E-state index is -3.08. The molecule has 0 aromatic rings. The monoisotopic (exact) mass is 321 g/mol. The quantitative estimate of drug-likeness (QED) is 0.642. The Hall–Kier alpha value is -0.700. The Balaban J connectivity index is 2.43. The third kappa shape index (κ3) is 7.21. The van der Waals surface area contributed by atoms with Gasteiger partial charge in [0.25, 0.3) is 0 Å². The summed E-state index contributed by atoms with van der Waals surface area (Å²) in [5, 5.41) is 0. The number of nitrogens with zero attached hydrogens (tertiary/aromatic N) is 2. The highest BCUT2D eigenvalue weighted by molar-refractivity contribution is 7.90. The van der Waals surface area contributed by atoms with Gasteiger partial charge in [-0.15, -0.1) is 0 Å². The predicted molar refractivity (Wildman–Crippen MR) is 81.8 cm³/mol. The molecule has 1 rings (SSSR count). The maximum absolute atomic E-state index is 12.3. The molecule has 0 bridgehead atoms. The number of carbonyl (C=O) groups is 1. The summed E-state index contributed by atoms with van der Waals surface area (Å²) in [5.74, 6) is -0.194. The van der Waals surface area contributed by atoms with Crippen LogP contribution in [0.15, 0.2) is 0 Å². The topological polar surface area (TPSA) is 92.9 Å². The Bertz CT molecular complexity index is 427. The highest BCUT2D eigenvalue weighted by atomic mass is 32.2. The third-order valence-corrected chi connectivity index (χ3v) is 4.61. The van der Waals surface area contributed by atoms with Gasteiger partial charge in [0.1, 0.15) is 9.84 Å². The van der Waals surface area contributed by atoms with Crippen LogP contribution in [0.2, 0.25) is 0 Å². The SMILES string of the molecule is COCCN1CCCN(C(=O)C(N)CCS(C)(=O)=O)CC1. The van der Waals surface area contributed by atoms with E-state index in [0.717, 1.165) is 32.3 Å². The van der Waals surface area contributed by atoms with E-state index in [0.29, 0.717) is 19.7 Å². The lowest BCUT2D eigenvalue weighted by atomic mass is 10.2. The Morgan fingerprint density at radius 1 is 1.29 bits per heavy atom. The van der Waals surface area contributed by atoms with Gasteiger partial charge >= 0.3 is 0 Å². The molecule has 8 heteroatoms. The van der Waals surface area contributed by atoms with Crippen molar-refractivity contribution in [1.29, 1.82) is 0 Å². The lowest BCUT2D eigenvalue weighted by Gasteiger charge is -2.24. The van der Waals surface area contributed by atoms with Gasteiger partial charge in [-0.25, -0.2) is 8.42 Å². The Labute approximate surface area is 127 Å². The van der Waals surface area contributed by atoms with Crippen LogP contribution in [0.1, 0.15) is 12.8 Å². The van der Waals surface area contributed by atoms with Crippen LogP contribution < -0.4 is 5.73 Å². The van der Waals surface area contributed by atoms with E-state index in [9.17, 15) is 13.2 Å². The van der Waals surface area contributed by atoms with E-state index in [4.69, 9.17) is 10.5 Å². The lowest BCUT2D eigenvalue weighted by molar-refractivity contribution is -0.132. The summed E-state index contributed by atoms with van der Waals surface area (Å²) in [5.41, 5.74) is 5.83. The van der Waals surface area contributed by atoms with Crippen molar-refractivity contribution in [3.05, 3.63) is 0 Å². The zero-order chi connectivity index (χ0) is 15.9. The van der Waals surface area contributed by atoms with E-state index < -0.39 is 15.9 Å². The van der Waals surface area contributed by atoms with Crippen LogP contribution >= 0.6 is 0 Å². The van der Waals surface area contributed by atoms with Crippen molar-refractivity contribution in [3.63, 3.8) is 0 Å². The standard InChI is InChI=1S/C13H27N3O4S/c1-20-10-9-15-5-3-6-16(8-7-15)13(17)12(14)4-11-21(2,18)19/h12H,3-11,14H2,1-2H3. The van der Waals surface area contributed by atoms with Gasteiger partial charge in [0.05, 0.1) is 18.4 Å². The number of hydrogen-bond donors (Lipinski definition) is 1. The van der Waals surface area contributed by atoms with Crippen LogP contribution in [0, 0.1) is 0 Å². The lowest BCUT2D eigenvalue weighted by Crippen LogP contribution is -2.46. The van der Waals surface area contributed by atoms with Crippen LogP contribution in [0.5, 0.6) is 0 Å². The fraction of sp³-hybridized carbons (Fsp3) is 0.923. The minimum Gasteiger partial charge on any atom is -0.383 e. The number of carbonyl (C=O) groups excluding carboxylic acids is 1. The second-order valence-corrected chi connectivity index (χ2v) is 7.80. The smallest absolute Gasteiger partial charge is 0.239 e. The van der Waals surface area contributed by atoms with Crippen molar-refractivity contribution in [2.24, 2.45) is 5.73 Å². The van der Waals surface area contributed by atoms with Crippen LogP contribution in [0.25, 0.3) is 0 Å². The fourth-order valence-corrected chi connectivity index (χ4v) is 3.02. The molecule has 0 aromatic heterocycles. The molecule has 1 heterocycles. The van der Waals surface area contributed by atoms with Crippen molar-refractivity contribution < 1.29 is 17.9 Å². The molecule has 1 fully saturated rings. The average molecular weight is 321 g/mol. The van der Waals surface area contributed by atoms with Gasteiger partial charge in [0, 0.05) is 39.5 Å². The highest BCUT2D eigenvalue weighted by Gasteiger charge is 2.24. The molecular formula is C13H27N3O4S. The fourth-order valence-electron chi connectivity index (χ4n) is 2.33. The van der Waals surface area contributed by atoms with Gasteiger partial charge in [0.15, 0.2) is 0 Å². The van der Waals surface area contributed by atoms with Crippen LogP contribution in [-0.2, 0) is 19.4 Å². The van der Waals surface area contributed by atoms with Crippen molar-refractivity contribution >= 4 is 15.7 Å². The van der Waals surface area contributed by atoms with Gasteiger partial charge in [-0.1, -0.05) is 0 Å². The summed E-state index contributed by atoms with van der Waals surface area (Å²) in [6.07, 6.45) is 2.24. The van der Waals surface area contributed by atoms with Crippen molar-refractivity contribution in [2.75, 3.05) is 58.4 Å². The molecule has 1 saturated heterocycles. The van der Waals surface area contributed by atoms with E-state index in [1.807, 2.05) is 0 Å². The molecule has 1 amide bonds. The first-order valence-corrected chi connectivity index (χ1v) is 9.33. The van der Waals surface area contributed by atoms with Crippen molar-refractivity contribution in [1.82, 2.24) is 9.80 Å². The van der Waals surface area contributed by atoms with Crippen LogP contribution in [0.4, 0.5) is 0 Å². The summed E-state index contributed by atoms with van der Waals surface area (Å²) in [4.78, 5) is 16.3. The van der Waals surface area contributed by atoms with E-state index in [-0.39, 0.29) is 18.1 Å². The highest BCUT2D eigenvalue weighted by Crippen LogP contribution is 2.06. The first kappa shape index (κ1) is 18.3. The molecule has 1 aliphatic rings. The number of hydrogen-bond acceptors (Lipinski definition) is 6. The van der Waals surface area contributed by atoms with Crippen LogP contribution in [-0.4, -0.2) is 88.6 Å².